The number of piperidine rings is 1. The van der Waals surface area contributed by atoms with Crippen LogP contribution in [0.25, 0.3) is 0 Å². The van der Waals surface area contributed by atoms with Gasteiger partial charge in [-0.25, -0.2) is 9.97 Å². The monoisotopic (exact) mass is 325 g/mol. The Labute approximate surface area is 142 Å². The SMILES string of the molecule is CC(=O)Nc1ccc(Nc2cc(N3CCCCC3)nc(C)n2)cc1. The molecule has 6 nitrogen and oxygen atoms in total. The predicted molar refractivity (Wildman–Crippen MR) is 96.9 cm³/mol. The van der Waals surface area contributed by atoms with Gasteiger partial charge < -0.3 is 15.5 Å². The van der Waals surface area contributed by atoms with Gasteiger partial charge in [-0.15, -0.1) is 0 Å². The lowest BCUT2D eigenvalue weighted by molar-refractivity contribution is -0.114. The summed E-state index contributed by atoms with van der Waals surface area (Å²) in [6.45, 7) is 5.53. The molecule has 1 saturated heterocycles. The molecule has 0 saturated carbocycles. The number of carbonyl (C=O) groups is 1. The van der Waals surface area contributed by atoms with Crippen molar-refractivity contribution in [3.8, 4) is 0 Å². The van der Waals surface area contributed by atoms with E-state index in [-0.39, 0.29) is 5.91 Å². The van der Waals surface area contributed by atoms with Crippen molar-refractivity contribution in [3.63, 3.8) is 0 Å². The van der Waals surface area contributed by atoms with Crippen LogP contribution in [0.2, 0.25) is 0 Å². The first kappa shape index (κ1) is 16.2. The minimum Gasteiger partial charge on any atom is -0.356 e. The summed E-state index contributed by atoms with van der Waals surface area (Å²) >= 11 is 0. The normalized spacial score (nSPS) is 14.3. The number of nitrogens with one attached hydrogen (secondary N) is 2. The molecule has 0 atom stereocenters. The molecule has 0 unspecified atom stereocenters. The van der Waals surface area contributed by atoms with Gasteiger partial charge >= 0.3 is 0 Å². The molecule has 1 aliphatic rings. The Morgan fingerprint density at radius 3 is 2.38 bits per heavy atom. The standard InChI is InChI=1S/C18H23N5O/c1-13-19-17(12-18(20-13)23-10-4-3-5-11-23)22-16-8-6-15(7-9-16)21-14(2)24/h6-9,12H,3-5,10-11H2,1-2H3,(H,21,24)(H,19,20,22). The quantitative estimate of drug-likeness (QED) is 0.900. The van der Waals surface area contributed by atoms with E-state index in [4.69, 9.17) is 0 Å². The van der Waals surface area contributed by atoms with Crippen LogP contribution in [0.3, 0.4) is 0 Å². The first-order chi connectivity index (χ1) is 11.6. The topological polar surface area (TPSA) is 70.2 Å². The molecule has 2 heterocycles. The Hall–Kier alpha value is -2.63. The maximum atomic E-state index is 11.1. The molecule has 24 heavy (non-hydrogen) atoms. The number of amides is 1. The second-order valence-electron chi connectivity index (χ2n) is 6.09. The van der Waals surface area contributed by atoms with E-state index < -0.39 is 0 Å². The van der Waals surface area contributed by atoms with E-state index in [9.17, 15) is 4.79 Å². The number of carbonyl (C=O) groups excluding carboxylic acids is 1. The van der Waals surface area contributed by atoms with Crippen LogP contribution < -0.4 is 15.5 Å². The predicted octanol–water partition coefficient (Wildman–Crippen LogP) is 3.48. The lowest BCUT2D eigenvalue weighted by Gasteiger charge is -2.28. The van der Waals surface area contributed by atoms with E-state index in [0.29, 0.717) is 0 Å². The largest absolute Gasteiger partial charge is 0.356 e. The first-order valence-corrected chi connectivity index (χ1v) is 8.35. The van der Waals surface area contributed by atoms with Crippen molar-refractivity contribution in [1.82, 2.24) is 9.97 Å². The van der Waals surface area contributed by atoms with E-state index in [0.717, 1.165) is 41.9 Å². The summed E-state index contributed by atoms with van der Waals surface area (Å²) in [6, 6.07) is 9.57. The molecule has 1 amide bonds. The summed E-state index contributed by atoms with van der Waals surface area (Å²) in [5, 5.41) is 6.07. The van der Waals surface area contributed by atoms with Crippen LogP contribution in [0.1, 0.15) is 32.0 Å². The van der Waals surface area contributed by atoms with Crippen molar-refractivity contribution >= 4 is 28.9 Å². The fourth-order valence-electron chi connectivity index (χ4n) is 2.89. The lowest BCUT2D eigenvalue weighted by atomic mass is 10.1. The van der Waals surface area contributed by atoms with Crippen molar-refractivity contribution in [3.05, 3.63) is 36.2 Å². The van der Waals surface area contributed by atoms with Gasteiger partial charge in [0.05, 0.1) is 0 Å². The molecular weight excluding hydrogens is 302 g/mol. The average molecular weight is 325 g/mol. The summed E-state index contributed by atoms with van der Waals surface area (Å²) in [4.78, 5) is 22.4. The summed E-state index contributed by atoms with van der Waals surface area (Å²) in [5.41, 5.74) is 1.70. The molecule has 1 fully saturated rings. The third-order valence-electron chi connectivity index (χ3n) is 3.98. The third kappa shape index (κ3) is 4.22. The molecule has 0 bridgehead atoms. The van der Waals surface area contributed by atoms with Gasteiger partial charge in [-0.05, 0) is 50.5 Å². The molecule has 2 N–H and O–H groups in total. The number of nitrogens with zero attached hydrogens (tertiary/aromatic N) is 3. The highest BCUT2D eigenvalue weighted by Gasteiger charge is 2.13. The van der Waals surface area contributed by atoms with Gasteiger partial charge in [-0.2, -0.15) is 0 Å². The molecule has 0 radical (unpaired) electrons. The smallest absolute Gasteiger partial charge is 0.221 e. The van der Waals surface area contributed by atoms with Crippen molar-refractivity contribution < 1.29 is 4.79 Å². The molecule has 6 heteroatoms. The van der Waals surface area contributed by atoms with Crippen LogP contribution >= 0.6 is 0 Å². The Morgan fingerprint density at radius 2 is 1.71 bits per heavy atom. The number of hydrogen-bond acceptors (Lipinski definition) is 5. The van der Waals surface area contributed by atoms with E-state index >= 15 is 0 Å². The zero-order valence-electron chi connectivity index (χ0n) is 14.2. The maximum absolute atomic E-state index is 11.1. The number of aromatic nitrogens is 2. The zero-order valence-corrected chi connectivity index (χ0v) is 14.2. The van der Waals surface area contributed by atoms with Crippen molar-refractivity contribution in [1.29, 1.82) is 0 Å². The van der Waals surface area contributed by atoms with E-state index in [2.05, 4.69) is 25.5 Å². The minimum absolute atomic E-state index is 0.0756. The summed E-state index contributed by atoms with van der Waals surface area (Å²) in [7, 11) is 0. The van der Waals surface area contributed by atoms with Crippen LogP contribution in [0.15, 0.2) is 30.3 Å². The Kier molecular flexibility index (Phi) is 4.93. The number of anilines is 4. The second kappa shape index (κ2) is 7.29. The average Bonchev–Trinajstić information content (AvgIpc) is 2.56. The molecule has 126 valence electrons. The van der Waals surface area contributed by atoms with Crippen molar-refractivity contribution in [2.24, 2.45) is 0 Å². The molecule has 1 aliphatic heterocycles. The van der Waals surface area contributed by atoms with Crippen LogP contribution in [0.4, 0.5) is 23.0 Å². The number of aryl methyl sites for hydroxylation is 1. The Bertz CT molecular complexity index is 708. The van der Waals surface area contributed by atoms with Crippen molar-refractivity contribution in [2.75, 3.05) is 28.6 Å². The summed E-state index contributed by atoms with van der Waals surface area (Å²) in [6.07, 6.45) is 3.74. The van der Waals surface area contributed by atoms with Gasteiger partial charge in [-0.1, -0.05) is 0 Å². The highest BCUT2D eigenvalue weighted by molar-refractivity contribution is 5.88. The van der Waals surface area contributed by atoms with Gasteiger partial charge in [0, 0.05) is 37.5 Å². The number of benzene rings is 1. The maximum Gasteiger partial charge on any atom is 0.221 e. The zero-order chi connectivity index (χ0) is 16.9. The van der Waals surface area contributed by atoms with E-state index in [1.807, 2.05) is 37.3 Å². The highest BCUT2D eigenvalue weighted by atomic mass is 16.1. The Morgan fingerprint density at radius 1 is 1.04 bits per heavy atom. The molecule has 1 aromatic heterocycles. The first-order valence-electron chi connectivity index (χ1n) is 8.35. The van der Waals surface area contributed by atoms with Gasteiger partial charge in [0.25, 0.3) is 0 Å². The van der Waals surface area contributed by atoms with Crippen LogP contribution in [0.5, 0.6) is 0 Å². The van der Waals surface area contributed by atoms with E-state index in [1.54, 1.807) is 0 Å². The summed E-state index contributed by atoms with van der Waals surface area (Å²) < 4.78 is 0. The van der Waals surface area contributed by atoms with Crippen LogP contribution in [-0.2, 0) is 4.79 Å². The minimum atomic E-state index is -0.0756. The van der Waals surface area contributed by atoms with Gasteiger partial charge in [0.15, 0.2) is 0 Å². The third-order valence-corrected chi connectivity index (χ3v) is 3.98. The summed E-state index contributed by atoms with van der Waals surface area (Å²) in [5.74, 6) is 2.46. The molecule has 2 aromatic rings. The molecular formula is C18H23N5O. The van der Waals surface area contributed by atoms with Crippen LogP contribution in [0, 0.1) is 6.92 Å². The van der Waals surface area contributed by atoms with Gasteiger partial charge in [-0.3, -0.25) is 4.79 Å². The molecule has 0 spiro atoms. The molecule has 0 aliphatic carbocycles. The van der Waals surface area contributed by atoms with Crippen LogP contribution in [-0.4, -0.2) is 29.0 Å². The van der Waals surface area contributed by atoms with Gasteiger partial charge in [0.2, 0.25) is 5.91 Å². The number of rotatable bonds is 4. The fraction of sp³-hybridized carbons (Fsp3) is 0.389. The highest BCUT2D eigenvalue weighted by Crippen LogP contribution is 2.23. The lowest BCUT2D eigenvalue weighted by Crippen LogP contribution is -2.30. The number of hydrogen-bond donors (Lipinski definition) is 2. The van der Waals surface area contributed by atoms with Crippen molar-refractivity contribution in [2.45, 2.75) is 33.1 Å². The fourth-order valence-corrected chi connectivity index (χ4v) is 2.89. The van der Waals surface area contributed by atoms with E-state index in [1.165, 1.54) is 26.2 Å². The van der Waals surface area contributed by atoms with Gasteiger partial charge in [0.1, 0.15) is 17.5 Å². The second-order valence-corrected chi connectivity index (χ2v) is 6.09. The molecule has 1 aromatic carbocycles. The Balaban J connectivity index is 1.74. The molecule has 3 rings (SSSR count).